The lowest BCUT2D eigenvalue weighted by Crippen LogP contribution is -2.31. The summed E-state index contributed by atoms with van der Waals surface area (Å²) in [5.74, 6) is 1.21. The van der Waals surface area contributed by atoms with Crippen LogP contribution in [0.4, 0.5) is 11.5 Å². The molecule has 3 rings (SSSR count). The third-order valence-electron chi connectivity index (χ3n) is 3.76. The van der Waals surface area contributed by atoms with E-state index in [1.807, 2.05) is 44.2 Å². The molecule has 0 radical (unpaired) electrons. The van der Waals surface area contributed by atoms with Crippen molar-refractivity contribution in [3.8, 4) is 0 Å². The molecule has 2 heterocycles. The SMILES string of the molecule is CCN(Cc1ccccc1)C(=O)c1cc(Nc2cc(C)on2)ccn1. The Bertz CT molecular complexity index is 845. The molecule has 0 unspecified atom stereocenters. The Morgan fingerprint density at radius 3 is 2.68 bits per heavy atom. The fraction of sp³-hybridized carbons (Fsp3) is 0.211. The molecule has 128 valence electrons. The van der Waals surface area contributed by atoms with Gasteiger partial charge in [0.05, 0.1) is 0 Å². The summed E-state index contributed by atoms with van der Waals surface area (Å²) >= 11 is 0. The molecule has 0 aliphatic rings. The van der Waals surface area contributed by atoms with Crippen LogP contribution in [0, 0.1) is 6.92 Å². The van der Waals surface area contributed by atoms with Crippen LogP contribution in [-0.4, -0.2) is 27.5 Å². The zero-order valence-corrected chi connectivity index (χ0v) is 14.3. The van der Waals surface area contributed by atoms with E-state index >= 15 is 0 Å². The number of carbonyl (C=O) groups excluding carboxylic acids is 1. The lowest BCUT2D eigenvalue weighted by atomic mass is 10.2. The molecule has 0 aliphatic carbocycles. The molecule has 0 saturated heterocycles. The van der Waals surface area contributed by atoms with Crippen molar-refractivity contribution in [3.63, 3.8) is 0 Å². The Morgan fingerprint density at radius 1 is 1.20 bits per heavy atom. The molecule has 1 amide bonds. The average Bonchev–Trinajstić information content (AvgIpc) is 3.05. The lowest BCUT2D eigenvalue weighted by molar-refractivity contribution is 0.0746. The smallest absolute Gasteiger partial charge is 0.272 e. The van der Waals surface area contributed by atoms with Gasteiger partial charge in [0, 0.05) is 31.0 Å². The van der Waals surface area contributed by atoms with Crippen LogP contribution in [0.1, 0.15) is 28.7 Å². The van der Waals surface area contributed by atoms with E-state index in [4.69, 9.17) is 4.52 Å². The lowest BCUT2D eigenvalue weighted by Gasteiger charge is -2.20. The van der Waals surface area contributed by atoms with E-state index in [0.717, 1.165) is 11.3 Å². The van der Waals surface area contributed by atoms with Crippen molar-refractivity contribution in [2.45, 2.75) is 20.4 Å². The molecule has 6 heteroatoms. The fourth-order valence-electron chi connectivity index (χ4n) is 2.49. The molecule has 0 spiro atoms. The number of nitrogens with one attached hydrogen (secondary N) is 1. The molecule has 25 heavy (non-hydrogen) atoms. The van der Waals surface area contributed by atoms with Gasteiger partial charge >= 0.3 is 0 Å². The molecule has 0 bridgehead atoms. The van der Waals surface area contributed by atoms with Crippen LogP contribution in [0.3, 0.4) is 0 Å². The zero-order valence-electron chi connectivity index (χ0n) is 14.3. The molecule has 0 atom stereocenters. The standard InChI is InChI=1S/C19H20N4O2/c1-3-23(13-15-7-5-4-6-8-15)19(24)17-12-16(9-10-20-17)21-18-11-14(2)25-22-18/h4-12H,3,13H2,1-2H3,(H,20,21,22). The van der Waals surface area contributed by atoms with E-state index in [2.05, 4.69) is 15.5 Å². The first-order valence-corrected chi connectivity index (χ1v) is 8.15. The summed E-state index contributed by atoms with van der Waals surface area (Å²) in [6, 6.07) is 15.2. The average molecular weight is 336 g/mol. The van der Waals surface area contributed by atoms with E-state index in [-0.39, 0.29) is 5.91 Å². The van der Waals surface area contributed by atoms with Crippen molar-refractivity contribution in [1.29, 1.82) is 0 Å². The molecular formula is C19H20N4O2. The zero-order chi connectivity index (χ0) is 17.6. The van der Waals surface area contributed by atoms with Gasteiger partial charge in [0.1, 0.15) is 11.5 Å². The number of rotatable bonds is 6. The van der Waals surface area contributed by atoms with Gasteiger partial charge in [-0.2, -0.15) is 0 Å². The summed E-state index contributed by atoms with van der Waals surface area (Å²) in [6.07, 6.45) is 1.61. The fourth-order valence-corrected chi connectivity index (χ4v) is 2.49. The van der Waals surface area contributed by atoms with Crippen molar-refractivity contribution >= 4 is 17.4 Å². The van der Waals surface area contributed by atoms with Gasteiger partial charge in [-0.15, -0.1) is 0 Å². The van der Waals surface area contributed by atoms with Crippen LogP contribution in [0.5, 0.6) is 0 Å². The number of hydrogen-bond acceptors (Lipinski definition) is 5. The molecule has 3 aromatic rings. The van der Waals surface area contributed by atoms with Crippen molar-refractivity contribution in [2.75, 3.05) is 11.9 Å². The van der Waals surface area contributed by atoms with E-state index in [1.54, 1.807) is 29.3 Å². The highest BCUT2D eigenvalue weighted by Gasteiger charge is 2.16. The van der Waals surface area contributed by atoms with E-state index in [1.165, 1.54) is 0 Å². The first-order valence-electron chi connectivity index (χ1n) is 8.15. The predicted octanol–water partition coefficient (Wildman–Crippen LogP) is 3.78. The molecule has 1 N–H and O–H groups in total. The van der Waals surface area contributed by atoms with Crippen molar-refractivity contribution in [2.24, 2.45) is 0 Å². The van der Waals surface area contributed by atoms with Gasteiger partial charge in [0.15, 0.2) is 5.82 Å². The van der Waals surface area contributed by atoms with Gasteiger partial charge in [-0.25, -0.2) is 0 Å². The molecule has 6 nitrogen and oxygen atoms in total. The molecule has 2 aromatic heterocycles. The number of carbonyl (C=O) groups is 1. The number of benzene rings is 1. The van der Waals surface area contributed by atoms with Gasteiger partial charge < -0.3 is 14.7 Å². The molecule has 0 saturated carbocycles. The van der Waals surface area contributed by atoms with Crippen LogP contribution in [-0.2, 0) is 6.54 Å². The maximum absolute atomic E-state index is 12.8. The van der Waals surface area contributed by atoms with Gasteiger partial charge in [-0.3, -0.25) is 9.78 Å². The highest BCUT2D eigenvalue weighted by Crippen LogP contribution is 2.17. The predicted molar refractivity (Wildman–Crippen MR) is 95.6 cm³/mol. The Labute approximate surface area is 146 Å². The summed E-state index contributed by atoms with van der Waals surface area (Å²) in [7, 11) is 0. The third kappa shape index (κ3) is 4.23. The number of hydrogen-bond donors (Lipinski definition) is 1. The molecule has 0 fully saturated rings. The summed E-state index contributed by atoms with van der Waals surface area (Å²) in [4.78, 5) is 18.8. The minimum absolute atomic E-state index is 0.105. The van der Waals surface area contributed by atoms with Crippen LogP contribution < -0.4 is 5.32 Å². The van der Waals surface area contributed by atoms with Crippen LogP contribution in [0.25, 0.3) is 0 Å². The summed E-state index contributed by atoms with van der Waals surface area (Å²) < 4.78 is 5.03. The maximum Gasteiger partial charge on any atom is 0.272 e. The Hall–Kier alpha value is -3.15. The number of aryl methyl sites for hydroxylation is 1. The number of amides is 1. The number of nitrogens with zero attached hydrogens (tertiary/aromatic N) is 3. The second-order valence-electron chi connectivity index (χ2n) is 5.68. The van der Waals surface area contributed by atoms with Crippen molar-refractivity contribution < 1.29 is 9.32 Å². The molecule has 1 aromatic carbocycles. The largest absolute Gasteiger partial charge is 0.360 e. The number of pyridine rings is 1. The number of anilines is 2. The second-order valence-corrected chi connectivity index (χ2v) is 5.68. The van der Waals surface area contributed by atoms with Crippen LogP contribution >= 0.6 is 0 Å². The van der Waals surface area contributed by atoms with Gasteiger partial charge in [-0.05, 0) is 31.5 Å². The first-order chi connectivity index (χ1) is 12.2. The molecule has 0 aliphatic heterocycles. The highest BCUT2D eigenvalue weighted by molar-refractivity contribution is 5.93. The summed E-state index contributed by atoms with van der Waals surface area (Å²) in [5.41, 5.74) is 2.22. The van der Waals surface area contributed by atoms with E-state index in [0.29, 0.717) is 30.4 Å². The minimum Gasteiger partial charge on any atom is -0.360 e. The minimum atomic E-state index is -0.105. The van der Waals surface area contributed by atoms with Crippen molar-refractivity contribution in [1.82, 2.24) is 15.0 Å². The summed E-state index contributed by atoms with van der Waals surface area (Å²) in [5, 5.41) is 7.00. The van der Waals surface area contributed by atoms with Crippen LogP contribution in [0.2, 0.25) is 0 Å². The Morgan fingerprint density at radius 2 is 2.00 bits per heavy atom. The maximum atomic E-state index is 12.8. The highest BCUT2D eigenvalue weighted by atomic mass is 16.5. The van der Waals surface area contributed by atoms with E-state index in [9.17, 15) is 4.79 Å². The molecular weight excluding hydrogens is 316 g/mol. The van der Waals surface area contributed by atoms with E-state index < -0.39 is 0 Å². The Balaban J connectivity index is 1.75. The number of aromatic nitrogens is 2. The monoisotopic (exact) mass is 336 g/mol. The van der Waals surface area contributed by atoms with Gasteiger partial charge in [-0.1, -0.05) is 35.5 Å². The first kappa shape index (κ1) is 16.7. The quantitative estimate of drug-likeness (QED) is 0.741. The second kappa shape index (κ2) is 7.61. The van der Waals surface area contributed by atoms with Gasteiger partial charge in [0.25, 0.3) is 5.91 Å². The van der Waals surface area contributed by atoms with Gasteiger partial charge in [0.2, 0.25) is 0 Å². The third-order valence-corrected chi connectivity index (χ3v) is 3.76. The van der Waals surface area contributed by atoms with Crippen LogP contribution in [0.15, 0.2) is 59.3 Å². The topological polar surface area (TPSA) is 71.3 Å². The van der Waals surface area contributed by atoms with Crippen molar-refractivity contribution in [3.05, 3.63) is 71.7 Å². The Kier molecular flexibility index (Phi) is 5.09. The summed E-state index contributed by atoms with van der Waals surface area (Å²) in [6.45, 7) is 4.94. The normalized spacial score (nSPS) is 10.5.